The molecule has 0 N–H and O–H groups in total. The predicted molar refractivity (Wildman–Crippen MR) is 99.4 cm³/mol. The smallest absolute Gasteiger partial charge is 0.339 e. The predicted octanol–water partition coefficient (Wildman–Crippen LogP) is 3.08. The third kappa shape index (κ3) is 4.28. The molecule has 0 saturated heterocycles. The number of aryl methyl sites for hydroxylation is 1. The van der Waals surface area contributed by atoms with Crippen LogP contribution in [0.2, 0.25) is 0 Å². The van der Waals surface area contributed by atoms with E-state index in [4.69, 9.17) is 13.9 Å². The minimum absolute atomic E-state index is 0.0310. The second-order valence-electron chi connectivity index (χ2n) is 6.12. The molecule has 0 saturated carbocycles. The molecule has 0 aliphatic heterocycles. The van der Waals surface area contributed by atoms with Crippen LogP contribution < -0.4 is 0 Å². The van der Waals surface area contributed by atoms with Gasteiger partial charge in [0.2, 0.25) is 5.89 Å². The van der Waals surface area contributed by atoms with E-state index < -0.39 is 11.9 Å². The Kier molecular flexibility index (Phi) is 5.88. The zero-order chi connectivity index (χ0) is 20.1. The summed E-state index contributed by atoms with van der Waals surface area (Å²) in [5.41, 5.74) is 2.65. The van der Waals surface area contributed by atoms with E-state index in [1.54, 1.807) is 24.5 Å². The van der Waals surface area contributed by atoms with Crippen molar-refractivity contribution < 1.29 is 23.5 Å². The van der Waals surface area contributed by atoms with Gasteiger partial charge in [0.15, 0.2) is 6.61 Å². The molecule has 28 heavy (non-hydrogen) atoms. The van der Waals surface area contributed by atoms with Crippen molar-refractivity contribution in [1.29, 1.82) is 0 Å². The maximum Gasteiger partial charge on any atom is 0.339 e. The molecule has 0 aliphatic rings. The number of benzene rings is 1. The Labute approximate surface area is 162 Å². The molecule has 146 valence electrons. The standard InChI is InChI=1S/C20H21N3O5/c1-4-26-20(25)16-10-13(2)23(14(16)3)11-18(24)27-12-17-21-22-19(28-17)15-8-6-5-7-9-15/h5-10H,4,11-12H2,1-3H3. The highest BCUT2D eigenvalue weighted by molar-refractivity contribution is 5.91. The molecule has 8 heteroatoms. The Balaban J connectivity index is 1.61. The molecule has 0 radical (unpaired) electrons. The lowest BCUT2D eigenvalue weighted by molar-refractivity contribution is -0.146. The Bertz CT molecular complexity index is 975. The van der Waals surface area contributed by atoms with Gasteiger partial charge in [0.05, 0.1) is 12.2 Å². The number of aromatic nitrogens is 3. The summed E-state index contributed by atoms with van der Waals surface area (Å²) in [6, 6.07) is 11.0. The molecule has 0 bridgehead atoms. The van der Waals surface area contributed by atoms with Crippen molar-refractivity contribution in [2.75, 3.05) is 6.61 Å². The van der Waals surface area contributed by atoms with E-state index >= 15 is 0 Å². The first kappa shape index (κ1) is 19.3. The topological polar surface area (TPSA) is 96.5 Å². The molecule has 1 aromatic carbocycles. The van der Waals surface area contributed by atoms with Crippen molar-refractivity contribution in [3.8, 4) is 11.5 Å². The summed E-state index contributed by atoms with van der Waals surface area (Å²) in [5.74, 6) is -0.311. The maximum absolute atomic E-state index is 12.2. The quantitative estimate of drug-likeness (QED) is 0.578. The highest BCUT2D eigenvalue weighted by Crippen LogP contribution is 2.18. The van der Waals surface area contributed by atoms with Gasteiger partial charge in [-0.25, -0.2) is 4.79 Å². The maximum atomic E-state index is 12.2. The van der Waals surface area contributed by atoms with Crippen LogP contribution in [-0.2, 0) is 27.4 Å². The summed E-state index contributed by atoms with van der Waals surface area (Å²) in [4.78, 5) is 24.2. The van der Waals surface area contributed by atoms with Crippen LogP contribution >= 0.6 is 0 Å². The van der Waals surface area contributed by atoms with Crippen LogP contribution in [-0.4, -0.2) is 33.3 Å². The number of hydrogen-bond acceptors (Lipinski definition) is 7. The first-order valence-electron chi connectivity index (χ1n) is 8.86. The fourth-order valence-corrected chi connectivity index (χ4v) is 2.79. The summed E-state index contributed by atoms with van der Waals surface area (Å²) in [6.07, 6.45) is 0. The SMILES string of the molecule is CCOC(=O)c1cc(C)n(CC(=O)OCc2nnc(-c3ccccc3)o2)c1C. The van der Waals surface area contributed by atoms with Crippen molar-refractivity contribution in [2.24, 2.45) is 0 Å². The van der Waals surface area contributed by atoms with Crippen molar-refractivity contribution in [2.45, 2.75) is 33.9 Å². The van der Waals surface area contributed by atoms with E-state index in [1.165, 1.54) is 0 Å². The summed E-state index contributed by atoms with van der Waals surface area (Å²) in [6.45, 7) is 5.46. The largest absolute Gasteiger partial charge is 0.462 e. The highest BCUT2D eigenvalue weighted by Gasteiger charge is 2.19. The molecule has 0 spiro atoms. The average Bonchev–Trinajstić information content (AvgIpc) is 3.27. The summed E-state index contributed by atoms with van der Waals surface area (Å²) >= 11 is 0. The van der Waals surface area contributed by atoms with Crippen LogP contribution in [0.4, 0.5) is 0 Å². The number of esters is 2. The summed E-state index contributed by atoms with van der Waals surface area (Å²) in [7, 11) is 0. The highest BCUT2D eigenvalue weighted by atomic mass is 16.5. The van der Waals surface area contributed by atoms with Gasteiger partial charge in [0.25, 0.3) is 5.89 Å². The van der Waals surface area contributed by atoms with E-state index in [1.807, 2.05) is 37.3 Å². The lowest BCUT2D eigenvalue weighted by atomic mass is 10.2. The van der Waals surface area contributed by atoms with Crippen LogP contribution in [0, 0.1) is 13.8 Å². The fraction of sp³-hybridized carbons (Fsp3) is 0.300. The number of carbonyl (C=O) groups excluding carboxylic acids is 2. The van der Waals surface area contributed by atoms with Crippen LogP contribution in [0.1, 0.15) is 34.6 Å². The van der Waals surface area contributed by atoms with Crippen molar-refractivity contribution >= 4 is 11.9 Å². The van der Waals surface area contributed by atoms with Crippen LogP contribution in [0.3, 0.4) is 0 Å². The van der Waals surface area contributed by atoms with Gasteiger partial charge in [-0.15, -0.1) is 10.2 Å². The first-order valence-corrected chi connectivity index (χ1v) is 8.86. The number of nitrogens with zero attached hydrogens (tertiary/aromatic N) is 3. The minimum atomic E-state index is -0.475. The average molecular weight is 383 g/mol. The summed E-state index contributed by atoms with van der Waals surface area (Å²) < 4.78 is 17.5. The van der Waals surface area contributed by atoms with Crippen molar-refractivity contribution in [1.82, 2.24) is 14.8 Å². The molecule has 2 aromatic heterocycles. The van der Waals surface area contributed by atoms with E-state index in [2.05, 4.69) is 10.2 Å². The third-order valence-electron chi connectivity index (χ3n) is 4.20. The normalized spacial score (nSPS) is 10.7. The molecular weight excluding hydrogens is 362 g/mol. The van der Waals surface area contributed by atoms with Gasteiger partial charge in [-0.05, 0) is 39.0 Å². The monoisotopic (exact) mass is 383 g/mol. The molecule has 0 unspecified atom stereocenters. The van der Waals surface area contributed by atoms with Gasteiger partial charge in [-0.2, -0.15) is 0 Å². The van der Waals surface area contributed by atoms with Crippen LogP contribution in [0.25, 0.3) is 11.5 Å². The molecule has 0 atom stereocenters. The van der Waals surface area contributed by atoms with Crippen LogP contribution in [0.15, 0.2) is 40.8 Å². The molecule has 3 aromatic rings. The molecule has 0 amide bonds. The zero-order valence-corrected chi connectivity index (χ0v) is 16.0. The number of ether oxygens (including phenoxy) is 2. The Hall–Kier alpha value is -3.42. The van der Waals surface area contributed by atoms with Gasteiger partial charge < -0.3 is 18.5 Å². The van der Waals surface area contributed by atoms with Crippen LogP contribution in [0.5, 0.6) is 0 Å². The van der Waals surface area contributed by atoms with Gasteiger partial charge >= 0.3 is 11.9 Å². The minimum Gasteiger partial charge on any atom is -0.462 e. The molecule has 0 fully saturated rings. The lowest BCUT2D eigenvalue weighted by Gasteiger charge is -2.09. The Morgan fingerprint density at radius 1 is 1.11 bits per heavy atom. The third-order valence-corrected chi connectivity index (χ3v) is 4.20. The molecule has 2 heterocycles. The number of rotatable bonds is 7. The molecule has 8 nitrogen and oxygen atoms in total. The van der Waals surface area contributed by atoms with Gasteiger partial charge in [-0.1, -0.05) is 18.2 Å². The molecule has 3 rings (SSSR count). The van der Waals surface area contributed by atoms with E-state index in [0.717, 1.165) is 11.3 Å². The fourth-order valence-electron chi connectivity index (χ4n) is 2.79. The molecule has 0 aliphatic carbocycles. The van der Waals surface area contributed by atoms with E-state index in [0.29, 0.717) is 23.8 Å². The van der Waals surface area contributed by atoms with Crippen molar-refractivity contribution in [3.05, 3.63) is 59.2 Å². The Morgan fingerprint density at radius 2 is 1.86 bits per heavy atom. The second kappa shape index (κ2) is 8.51. The lowest BCUT2D eigenvalue weighted by Crippen LogP contribution is -2.16. The zero-order valence-electron chi connectivity index (χ0n) is 16.0. The summed E-state index contributed by atoms with van der Waals surface area (Å²) in [5, 5.41) is 7.84. The first-order chi connectivity index (χ1) is 13.5. The van der Waals surface area contributed by atoms with E-state index in [-0.39, 0.29) is 19.0 Å². The van der Waals surface area contributed by atoms with Crippen molar-refractivity contribution in [3.63, 3.8) is 0 Å². The van der Waals surface area contributed by atoms with Gasteiger partial charge in [0, 0.05) is 17.0 Å². The van der Waals surface area contributed by atoms with E-state index in [9.17, 15) is 9.59 Å². The second-order valence-corrected chi connectivity index (χ2v) is 6.12. The Morgan fingerprint density at radius 3 is 2.57 bits per heavy atom. The molecular formula is C20H21N3O5. The van der Waals surface area contributed by atoms with Gasteiger partial charge in [0.1, 0.15) is 6.54 Å². The number of carbonyl (C=O) groups is 2. The number of hydrogen-bond donors (Lipinski definition) is 0. The van der Waals surface area contributed by atoms with Gasteiger partial charge in [-0.3, -0.25) is 4.79 Å².